The zero-order valence-corrected chi connectivity index (χ0v) is 33.0. The van der Waals surface area contributed by atoms with Gasteiger partial charge in [-0.3, -0.25) is 0 Å². The Morgan fingerprint density at radius 1 is 0.686 bits per heavy atom. The molecule has 2 aromatic carbocycles. The Balaban J connectivity index is 2.14. The Kier molecular flexibility index (Phi) is 15.2. The minimum absolute atomic E-state index is 0.0194. The number of rotatable bonds is 18. The second-order valence-corrected chi connectivity index (χ2v) is 19.6. The van der Waals surface area contributed by atoms with Crippen molar-refractivity contribution in [2.45, 2.75) is 79.1 Å². The van der Waals surface area contributed by atoms with E-state index in [1.54, 1.807) is 24.3 Å². The summed E-state index contributed by atoms with van der Waals surface area (Å²) < 4.78 is 69.3. The first-order valence-corrected chi connectivity index (χ1v) is 22.2. The molecular formula is C40H48Cl2F4N2O2Ti. The number of hydrogen-bond acceptors (Lipinski definition) is 2. The maximum absolute atomic E-state index is 17.7. The molecular weight excluding hydrogens is 735 g/mol. The number of anilines is 2. The molecule has 0 saturated carbocycles. The zero-order chi connectivity index (χ0) is 37.3. The van der Waals surface area contributed by atoms with Crippen LogP contribution in [0.2, 0.25) is 0 Å². The molecule has 4 nitrogen and oxygen atoms in total. The van der Waals surface area contributed by atoms with Crippen LogP contribution >= 0.6 is 23.2 Å². The van der Waals surface area contributed by atoms with Gasteiger partial charge in [-0.25, -0.2) is 0 Å². The van der Waals surface area contributed by atoms with E-state index in [4.69, 9.17) is 23.2 Å². The van der Waals surface area contributed by atoms with E-state index in [0.717, 1.165) is 12.1 Å². The predicted octanol–water partition coefficient (Wildman–Crippen LogP) is 9.83. The number of amides is 2. The molecule has 0 saturated heterocycles. The first-order valence-electron chi connectivity index (χ1n) is 18.0. The number of hydrogen-bond donors (Lipinski definition) is 0. The summed E-state index contributed by atoms with van der Waals surface area (Å²) >= 11 is 7.07. The van der Waals surface area contributed by atoms with Crippen molar-refractivity contribution in [3.05, 3.63) is 91.7 Å². The average Bonchev–Trinajstić information content (AvgIpc) is 3.87. The molecule has 2 aliphatic rings. The molecule has 2 aliphatic carbocycles. The fraction of sp³-hybridized carbons (Fsp3) is 0.450. The van der Waals surface area contributed by atoms with Gasteiger partial charge >= 0.3 is 315 Å². The summed E-state index contributed by atoms with van der Waals surface area (Å²) in [5.41, 5.74) is -0.294. The molecule has 0 bridgehead atoms. The SMILES string of the molecule is CCCCN(C(=O)C(CC)CCl)c1ccc(F)[c]([Ti]([C]2=CC=CC2)([C]2=CC=CC2)[c]2c(F)ccc(N(CCCC)C(=O)C(CC)CCl)c2F)c1F. The second-order valence-electron chi connectivity index (χ2n) is 13.1. The summed E-state index contributed by atoms with van der Waals surface area (Å²) in [7, 11) is 0. The van der Waals surface area contributed by atoms with Crippen molar-refractivity contribution < 1.29 is 43.7 Å². The quantitative estimate of drug-likeness (QED) is 0.0859. The number of nitrogens with zero attached hydrogens (tertiary/aromatic N) is 2. The summed E-state index contributed by atoms with van der Waals surface area (Å²) in [4.78, 5) is 30.4. The van der Waals surface area contributed by atoms with Gasteiger partial charge in [0, 0.05) is 0 Å². The third-order valence-corrected chi connectivity index (χ3v) is 18.7. The molecule has 4 rings (SSSR count). The Labute approximate surface area is 313 Å². The van der Waals surface area contributed by atoms with E-state index in [-0.39, 0.29) is 49.1 Å². The molecule has 2 amide bonds. The van der Waals surface area contributed by atoms with E-state index in [0.29, 0.717) is 46.3 Å². The molecule has 0 aromatic heterocycles. The van der Waals surface area contributed by atoms with Gasteiger partial charge in [0.1, 0.15) is 0 Å². The number of allylic oxidation sites excluding steroid dienone is 8. The Hall–Kier alpha value is -2.65. The van der Waals surface area contributed by atoms with Crippen molar-refractivity contribution in [3.63, 3.8) is 0 Å². The fourth-order valence-electron chi connectivity index (χ4n) is 7.08. The monoisotopic (exact) mass is 782 g/mol. The normalized spacial score (nSPS) is 15.2. The Bertz CT molecular complexity index is 1580. The van der Waals surface area contributed by atoms with Crippen molar-refractivity contribution in [2.75, 3.05) is 34.6 Å². The Morgan fingerprint density at radius 3 is 1.37 bits per heavy atom. The molecule has 2 atom stereocenters. The predicted molar refractivity (Wildman–Crippen MR) is 199 cm³/mol. The van der Waals surface area contributed by atoms with Gasteiger partial charge in [0.2, 0.25) is 0 Å². The molecule has 11 heteroatoms. The molecule has 0 heterocycles. The number of halogens is 6. The van der Waals surface area contributed by atoms with E-state index in [9.17, 15) is 9.59 Å². The standard InChI is InChI=1S/2C15H19ClF2NO.2C5H5.Ti/c2*1-3-5-8-19(15(20)11(4-2)10-16)14-7-6-12(17)9-13(14)18;2*1-2-4-5-3-1;/h2*6-7,11H,3-5,8,10H2,1-2H3;2*1-3H,4H2;. The maximum atomic E-state index is 17.7. The van der Waals surface area contributed by atoms with Crippen LogP contribution < -0.4 is 17.5 Å². The summed E-state index contributed by atoms with van der Waals surface area (Å²) in [5, 5.41) is 0. The van der Waals surface area contributed by atoms with Crippen LogP contribution in [-0.4, -0.2) is 36.7 Å². The van der Waals surface area contributed by atoms with Crippen molar-refractivity contribution in [3.8, 4) is 0 Å². The van der Waals surface area contributed by atoms with Gasteiger partial charge in [-0.05, 0) is 0 Å². The van der Waals surface area contributed by atoms with Gasteiger partial charge in [0.15, 0.2) is 0 Å². The summed E-state index contributed by atoms with van der Waals surface area (Å²) in [6.45, 7) is 7.83. The molecule has 2 aromatic rings. The van der Waals surface area contributed by atoms with E-state index in [2.05, 4.69) is 0 Å². The number of unbranched alkanes of at least 4 members (excludes halogenated alkanes) is 2. The van der Waals surface area contributed by atoms with Crippen molar-refractivity contribution in [1.29, 1.82) is 0 Å². The Morgan fingerprint density at radius 2 is 1.08 bits per heavy atom. The molecule has 0 spiro atoms. The van der Waals surface area contributed by atoms with E-state index >= 15 is 17.6 Å². The third kappa shape index (κ3) is 8.15. The second kappa shape index (κ2) is 18.9. The molecule has 0 fully saturated rings. The first-order chi connectivity index (χ1) is 24.6. The van der Waals surface area contributed by atoms with Crippen LogP contribution in [-0.2, 0) is 26.2 Å². The van der Waals surface area contributed by atoms with Gasteiger partial charge in [-0.15, -0.1) is 0 Å². The van der Waals surface area contributed by atoms with Crippen LogP contribution in [0.4, 0.5) is 28.9 Å². The van der Waals surface area contributed by atoms with E-state index < -0.39 is 71.2 Å². The van der Waals surface area contributed by atoms with E-state index in [1.807, 2.05) is 39.8 Å². The number of carbonyl (C=O) groups is 2. The third-order valence-electron chi connectivity index (χ3n) is 10.0. The van der Waals surface area contributed by atoms with Crippen molar-refractivity contribution in [2.24, 2.45) is 11.8 Å². The number of benzene rings is 2. The van der Waals surface area contributed by atoms with Crippen LogP contribution in [0.5, 0.6) is 0 Å². The number of carbonyl (C=O) groups excluding carboxylic acids is 2. The fourth-order valence-corrected chi connectivity index (χ4v) is 16.0. The van der Waals surface area contributed by atoms with Crippen molar-refractivity contribution in [1.82, 2.24) is 0 Å². The molecule has 2 unspecified atom stereocenters. The summed E-state index contributed by atoms with van der Waals surface area (Å²) in [5.74, 6) is -5.88. The summed E-state index contributed by atoms with van der Waals surface area (Å²) in [6, 6.07) is 4.69. The molecule has 51 heavy (non-hydrogen) atoms. The number of alkyl halides is 2. The molecule has 0 radical (unpaired) electrons. The summed E-state index contributed by atoms with van der Waals surface area (Å²) in [6.07, 6.45) is 14.3. The topological polar surface area (TPSA) is 40.6 Å². The van der Waals surface area contributed by atoms with Gasteiger partial charge < -0.3 is 0 Å². The van der Waals surface area contributed by atoms with Crippen LogP contribution in [0.25, 0.3) is 0 Å². The van der Waals surface area contributed by atoms with E-state index in [1.165, 1.54) is 21.9 Å². The van der Waals surface area contributed by atoms with Crippen molar-refractivity contribution >= 4 is 54.1 Å². The molecule has 276 valence electrons. The van der Waals surface area contributed by atoms with Crippen LogP contribution in [0.1, 0.15) is 79.1 Å². The van der Waals surface area contributed by atoms with Crippen LogP contribution in [0.3, 0.4) is 0 Å². The van der Waals surface area contributed by atoms with Gasteiger partial charge in [0.25, 0.3) is 0 Å². The average molecular weight is 784 g/mol. The minimum atomic E-state index is -5.28. The van der Waals surface area contributed by atoms with Gasteiger partial charge in [-0.1, -0.05) is 0 Å². The van der Waals surface area contributed by atoms with Crippen LogP contribution in [0, 0.1) is 35.1 Å². The van der Waals surface area contributed by atoms with Gasteiger partial charge in [0.05, 0.1) is 0 Å². The molecule has 0 N–H and O–H groups in total. The first kappa shape index (κ1) is 41.1. The van der Waals surface area contributed by atoms with Gasteiger partial charge in [-0.2, -0.15) is 0 Å². The zero-order valence-electron chi connectivity index (χ0n) is 29.9. The van der Waals surface area contributed by atoms with Crippen LogP contribution in [0.15, 0.2) is 68.5 Å². The molecule has 0 aliphatic heterocycles.